The first-order valence-corrected chi connectivity index (χ1v) is 9.06. The third kappa shape index (κ3) is 6.92. The minimum atomic E-state index is -1.08. The van der Waals surface area contributed by atoms with Crippen LogP contribution in [0.15, 0.2) is 12.2 Å². The van der Waals surface area contributed by atoms with Gasteiger partial charge in [0.1, 0.15) is 12.1 Å². The number of nitrogens with two attached hydrogens (primary N) is 1. The van der Waals surface area contributed by atoms with Crippen LogP contribution in [0.2, 0.25) is 0 Å². The lowest BCUT2D eigenvalue weighted by Gasteiger charge is -2.11. The zero-order valence-electron chi connectivity index (χ0n) is 14.0. The van der Waals surface area contributed by atoms with Crippen LogP contribution in [-0.4, -0.2) is 51.6 Å². The van der Waals surface area contributed by atoms with Crippen molar-refractivity contribution in [1.82, 2.24) is 5.32 Å². The molecule has 1 rings (SSSR count). The van der Waals surface area contributed by atoms with E-state index < -0.39 is 24.0 Å². The molecule has 5 N–H and O–H groups in total. The normalized spacial score (nSPS) is 21.2. The average Bonchev–Trinajstić information content (AvgIpc) is 3.13. The second-order valence-corrected chi connectivity index (χ2v) is 7.81. The molecular formula is C16H26N2O5S. The predicted octanol–water partition coefficient (Wildman–Crippen LogP) is 1.08. The van der Waals surface area contributed by atoms with Crippen LogP contribution >= 0.6 is 11.8 Å². The fourth-order valence-corrected chi connectivity index (χ4v) is 3.11. The van der Waals surface area contributed by atoms with Gasteiger partial charge in [0.05, 0.1) is 0 Å². The summed E-state index contributed by atoms with van der Waals surface area (Å²) in [4.78, 5) is 33.7. The van der Waals surface area contributed by atoms with Crippen molar-refractivity contribution in [2.45, 2.75) is 45.2 Å². The van der Waals surface area contributed by atoms with Gasteiger partial charge in [-0.05, 0) is 30.4 Å². The minimum absolute atomic E-state index is 0.0368. The lowest BCUT2D eigenvalue weighted by Crippen LogP contribution is -2.40. The van der Waals surface area contributed by atoms with E-state index in [4.69, 9.17) is 15.9 Å². The van der Waals surface area contributed by atoms with Crippen LogP contribution in [0.4, 0.5) is 0 Å². The largest absolute Gasteiger partial charge is 0.480 e. The summed E-state index contributed by atoms with van der Waals surface area (Å²) in [5.41, 5.74) is 5.35. The highest BCUT2D eigenvalue weighted by atomic mass is 32.2. The van der Waals surface area contributed by atoms with Crippen LogP contribution < -0.4 is 11.1 Å². The molecule has 0 aromatic rings. The molecule has 0 aromatic carbocycles. The number of carbonyl (C=O) groups excluding carboxylic acids is 1. The summed E-state index contributed by atoms with van der Waals surface area (Å²) in [6.07, 6.45) is 5.44. The molecule has 0 spiro atoms. The number of amides is 1. The van der Waals surface area contributed by atoms with Crippen LogP contribution in [0.1, 0.15) is 33.1 Å². The quantitative estimate of drug-likeness (QED) is 0.321. The molecule has 136 valence electrons. The molecule has 1 aliphatic rings. The van der Waals surface area contributed by atoms with Gasteiger partial charge in [-0.2, -0.15) is 11.8 Å². The maximum absolute atomic E-state index is 12.0. The summed E-state index contributed by atoms with van der Waals surface area (Å²) >= 11 is 1.45. The number of carbonyl (C=O) groups is 3. The van der Waals surface area contributed by atoms with E-state index in [1.165, 1.54) is 17.8 Å². The molecule has 0 radical (unpaired) electrons. The monoisotopic (exact) mass is 358 g/mol. The minimum Gasteiger partial charge on any atom is -0.480 e. The van der Waals surface area contributed by atoms with E-state index in [1.54, 1.807) is 6.08 Å². The molecular weight excluding hydrogens is 332 g/mol. The fourth-order valence-electron chi connectivity index (χ4n) is 2.18. The molecule has 3 atom stereocenters. The number of carboxylic acid groups (broad SMARTS) is 2. The predicted molar refractivity (Wildman–Crippen MR) is 92.8 cm³/mol. The summed E-state index contributed by atoms with van der Waals surface area (Å²) in [6, 6.07) is -1.87. The summed E-state index contributed by atoms with van der Waals surface area (Å²) in [6.45, 7) is 3.97. The van der Waals surface area contributed by atoms with E-state index >= 15 is 0 Å². The van der Waals surface area contributed by atoms with Gasteiger partial charge in [0.2, 0.25) is 5.91 Å². The molecule has 1 saturated carbocycles. The van der Waals surface area contributed by atoms with E-state index in [2.05, 4.69) is 5.32 Å². The van der Waals surface area contributed by atoms with Crippen LogP contribution in [-0.2, 0) is 14.4 Å². The molecule has 1 amide bonds. The van der Waals surface area contributed by atoms with Gasteiger partial charge in [0, 0.05) is 11.7 Å². The third-order valence-electron chi connectivity index (χ3n) is 4.00. The number of allylic oxidation sites excluding steroid dienone is 1. The highest BCUT2D eigenvalue weighted by Gasteiger charge is 2.50. The Morgan fingerprint density at radius 1 is 1.33 bits per heavy atom. The average molecular weight is 358 g/mol. The van der Waals surface area contributed by atoms with Crippen LogP contribution in [0.25, 0.3) is 0 Å². The number of nitrogens with one attached hydrogen (secondary N) is 1. The van der Waals surface area contributed by atoms with Gasteiger partial charge in [0.15, 0.2) is 0 Å². The fraction of sp³-hybridized carbons (Fsp3) is 0.688. The van der Waals surface area contributed by atoms with Crippen LogP contribution in [0, 0.1) is 11.3 Å². The molecule has 24 heavy (non-hydrogen) atoms. The molecule has 0 bridgehead atoms. The molecule has 0 heterocycles. The van der Waals surface area contributed by atoms with Crippen molar-refractivity contribution in [3.8, 4) is 0 Å². The van der Waals surface area contributed by atoms with E-state index in [9.17, 15) is 14.4 Å². The van der Waals surface area contributed by atoms with Crippen LogP contribution in [0.3, 0.4) is 0 Å². The number of carboxylic acids is 2. The number of hydrogen-bond donors (Lipinski definition) is 4. The Balaban J connectivity index is 2.25. The van der Waals surface area contributed by atoms with Gasteiger partial charge in [-0.3, -0.25) is 9.59 Å². The molecule has 1 aliphatic carbocycles. The molecule has 0 aliphatic heterocycles. The summed E-state index contributed by atoms with van der Waals surface area (Å²) in [5, 5.41) is 20.4. The van der Waals surface area contributed by atoms with E-state index in [-0.39, 0.29) is 17.2 Å². The van der Waals surface area contributed by atoms with Crippen molar-refractivity contribution >= 4 is 29.6 Å². The van der Waals surface area contributed by atoms with Crippen molar-refractivity contribution in [2.75, 3.05) is 11.5 Å². The molecule has 8 heteroatoms. The topological polar surface area (TPSA) is 130 Å². The summed E-state index contributed by atoms with van der Waals surface area (Å²) in [5.74, 6) is -1.32. The van der Waals surface area contributed by atoms with Gasteiger partial charge in [-0.1, -0.05) is 26.0 Å². The first-order valence-electron chi connectivity index (χ1n) is 7.91. The Morgan fingerprint density at radius 3 is 2.46 bits per heavy atom. The zero-order valence-corrected chi connectivity index (χ0v) is 14.8. The van der Waals surface area contributed by atoms with Gasteiger partial charge in [-0.25, -0.2) is 4.79 Å². The van der Waals surface area contributed by atoms with E-state index in [0.29, 0.717) is 12.2 Å². The van der Waals surface area contributed by atoms with Gasteiger partial charge in [-0.15, -0.1) is 0 Å². The maximum Gasteiger partial charge on any atom is 0.330 e. The van der Waals surface area contributed by atoms with Crippen molar-refractivity contribution < 1.29 is 24.6 Å². The molecule has 7 nitrogen and oxygen atoms in total. The lowest BCUT2D eigenvalue weighted by molar-refractivity contribution is -0.140. The van der Waals surface area contributed by atoms with Gasteiger partial charge >= 0.3 is 11.9 Å². The Labute approximate surface area is 146 Å². The highest BCUT2D eigenvalue weighted by molar-refractivity contribution is 7.99. The lowest BCUT2D eigenvalue weighted by atomic mass is 10.1. The van der Waals surface area contributed by atoms with Gasteiger partial charge in [0.25, 0.3) is 0 Å². The Hall–Kier alpha value is -1.54. The molecule has 1 fully saturated rings. The van der Waals surface area contributed by atoms with E-state index in [1.807, 2.05) is 13.8 Å². The zero-order chi connectivity index (χ0) is 18.3. The van der Waals surface area contributed by atoms with Gasteiger partial charge < -0.3 is 21.3 Å². The van der Waals surface area contributed by atoms with Crippen molar-refractivity contribution in [3.05, 3.63) is 12.2 Å². The van der Waals surface area contributed by atoms with Crippen molar-refractivity contribution in [1.29, 1.82) is 0 Å². The second-order valence-electron chi connectivity index (χ2n) is 6.66. The first-order chi connectivity index (χ1) is 11.1. The summed E-state index contributed by atoms with van der Waals surface area (Å²) < 4.78 is 0. The summed E-state index contributed by atoms with van der Waals surface area (Å²) in [7, 11) is 0. The number of rotatable bonds is 11. The molecule has 0 aromatic heterocycles. The van der Waals surface area contributed by atoms with Crippen molar-refractivity contribution in [3.63, 3.8) is 0 Å². The Morgan fingerprint density at radius 2 is 1.96 bits per heavy atom. The van der Waals surface area contributed by atoms with E-state index in [0.717, 1.165) is 18.6 Å². The Kier molecular flexibility index (Phi) is 7.75. The van der Waals surface area contributed by atoms with Crippen molar-refractivity contribution in [2.24, 2.45) is 17.1 Å². The standard InChI is InChI=1S/C16H26N2O5S/c1-16(2)8-10(16)13(19)18-12(15(22)23)6-4-3-5-7-24-9-11(17)14(20)21/h4,6,10-12H,3,5,7-9,17H2,1-2H3,(H,18,19)(H,20,21)(H,22,23)/b6-4+/t10-,11+,12?/m1/s1. The number of hydrogen-bond acceptors (Lipinski definition) is 5. The highest BCUT2D eigenvalue weighted by Crippen LogP contribution is 2.51. The number of thioether (sulfide) groups is 1. The smallest absolute Gasteiger partial charge is 0.330 e. The second kappa shape index (κ2) is 9.08. The number of aliphatic carboxylic acids is 2. The molecule has 1 unspecified atom stereocenters. The number of unbranched alkanes of at least 4 members (excludes halogenated alkanes) is 1. The van der Waals surface area contributed by atoms with Crippen LogP contribution in [0.5, 0.6) is 0 Å². The third-order valence-corrected chi connectivity index (χ3v) is 5.17. The SMILES string of the molecule is CC1(C)C[C@@H]1C(=O)NC(/C=C/CCCSC[C@H](N)C(=O)O)C(=O)O. The first kappa shape index (κ1) is 20.5. The maximum atomic E-state index is 12.0. The Bertz CT molecular complexity index is 507. The molecule has 0 saturated heterocycles.